The number of hydrogen-bond acceptors (Lipinski definition) is 4. The number of nitrogens with zero attached hydrogens (tertiary/aromatic N) is 1. The average molecular weight is 199 g/mol. The van der Waals surface area contributed by atoms with Gasteiger partial charge < -0.3 is 5.11 Å². The van der Waals surface area contributed by atoms with E-state index in [9.17, 15) is 0 Å². The fraction of sp³-hybridized carbons (Fsp3) is 0.900. The summed E-state index contributed by atoms with van der Waals surface area (Å²) in [5, 5.41) is 17.7. The van der Waals surface area contributed by atoms with Crippen LogP contribution in [0.1, 0.15) is 40.5 Å². The molecule has 0 bridgehead atoms. The van der Waals surface area contributed by atoms with Crippen molar-refractivity contribution in [1.29, 1.82) is 5.26 Å². The van der Waals surface area contributed by atoms with Crippen LogP contribution < -0.4 is 10.9 Å². The number of nitrogens with one attached hydrogen (secondary N) is 2. The molecule has 0 saturated heterocycles. The zero-order valence-electron chi connectivity index (χ0n) is 9.52. The van der Waals surface area contributed by atoms with E-state index in [1.807, 2.05) is 27.7 Å². The molecule has 0 rings (SSSR count). The standard InChI is InChI=1S/C10H21N3O/c1-9(2,3)12-13-10(4,8-11)6-5-7-14/h12-14H,5-7H2,1-4H3. The van der Waals surface area contributed by atoms with Crippen LogP contribution in [0, 0.1) is 11.3 Å². The molecule has 1 unspecified atom stereocenters. The molecule has 0 aromatic rings. The van der Waals surface area contributed by atoms with Crippen LogP contribution in [0.2, 0.25) is 0 Å². The molecule has 0 heterocycles. The van der Waals surface area contributed by atoms with Gasteiger partial charge >= 0.3 is 0 Å². The van der Waals surface area contributed by atoms with Gasteiger partial charge in [-0.3, -0.25) is 5.43 Å². The monoisotopic (exact) mass is 199 g/mol. The molecule has 0 saturated carbocycles. The molecule has 0 fully saturated rings. The minimum Gasteiger partial charge on any atom is -0.396 e. The number of aliphatic hydroxyl groups is 1. The van der Waals surface area contributed by atoms with E-state index in [1.54, 1.807) is 0 Å². The highest BCUT2D eigenvalue weighted by Crippen LogP contribution is 2.10. The van der Waals surface area contributed by atoms with Crippen molar-refractivity contribution >= 4 is 0 Å². The minimum atomic E-state index is -0.615. The minimum absolute atomic E-state index is 0.0721. The lowest BCUT2D eigenvalue weighted by Crippen LogP contribution is -2.56. The molecule has 82 valence electrons. The molecule has 3 N–H and O–H groups in total. The highest BCUT2D eigenvalue weighted by Gasteiger charge is 2.24. The van der Waals surface area contributed by atoms with Crippen LogP contribution in [0.15, 0.2) is 0 Å². The van der Waals surface area contributed by atoms with E-state index in [-0.39, 0.29) is 12.1 Å². The summed E-state index contributed by atoms with van der Waals surface area (Å²) in [5.41, 5.74) is 5.38. The molecule has 0 aliphatic heterocycles. The highest BCUT2D eigenvalue weighted by atomic mass is 16.2. The second-order valence-electron chi connectivity index (χ2n) is 4.77. The van der Waals surface area contributed by atoms with Crippen molar-refractivity contribution < 1.29 is 5.11 Å². The van der Waals surface area contributed by atoms with E-state index >= 15 is 0 Å². The van der Waals surface area contributed by atoms with Crippen molar-refractivity contribution in [3.05, 3.63) is 0 Å². The summed E-state index contributed by atoms with van der Waals surface area (Å²) < 4.78 is 0. The Morgan fingerprint density at radius 3 is 2.14 bits per heavy atom. The smallest absolute Gasteiger partial charge is 0.116 e. The third kappa shape index (κ3) is 5.92. The maximum absolute atomic E-state index is 8.97. The van der Waals surface area contributed by atoms with Gasteiger partial charge in [-0.25, -0.2) is 5.43 Å². The maximum Gasteiger partial charge on any atom is 0.116 e. The van der Waals surface area contributed by atoms with Gasteiger partial charge in [-0.1, -0.05) is 0 Å². The van der Waals surface area contributed by atoms with Gasteiger partial charge in [-0.05, 0) is 40.5 Å². The zero-order valence-corrected chi connectivity index (χ0v) is 9.52. The van der Waals surface area contributed by atoms with E-state index in [1.165, 1.54) is 0 Å². The van der Waals surface area contributed by atoms with Gasteiger partial charge in [0, 0.05) is 12.1 Å². The predicted octanol–water partition coefficient (Wildman–Crippen LogP) is 0.934. The fourth-order valence-electron chi connectivity index (χ4n) is 0.904. The SMILES string of the molecule is CC(C)(C)NNC(C)(C#N)CCCO. The summed E-state index contributed by atoms with van der Waals surface area (Å²) in [6.07, 6.45) is 1.26. The molecule has 1 atom stereocenters. The lowest BCUT2D eigenvalue weighted by molar-refractivity contribution is 0.238. The molecule has 0 aromatic carbocycles. The highest BCUT2D eigenvalue weighted by molar-refractivity contribution is 5.03. The third-order valence-electron chi connectivity index (χ3n) is 1.80. The Labute approximate surface area is 86.3 Å². The molecule has 4 heteroatoms. The van der Waals surface area contributed by atoms with Crippen LogP contribution in [0.5, 0.6) is 0 Å². The average Bonchev–Trinajstić information content (AvgIpc) is 2.10. The molecular weight excluding hydrogens is 178 g/mol. The van der Waals surface area contributed by atoms with Crippen molar-refractivity contribution in [2.75, 3.05) is 6.61 Å². The first-order valence-electron chi connectivity index (χ1n) is 4.89. The third-order valence-corrected chi connectivity index (χ3v) is 1.80. The first-order valence-corrected chi connectivity index (χ1v) is 4.89. The Hall–Kier alpha value is -0.630. The van der Waals surface area contributed by atoms with Crippen LogP contribution in [0.3, 0.4) is 0 Å². The lowest BCUT2D eigenvalue weighted by atomic mass is 9.99. The summed E-state index contributed by atoms with van der Waals surface area (Å²) in [5.74, 6) is 0. The Bertz CT molecular complexity index is 204. The normalized spacial score (nSPS) is 16.0. The molecule has 0 aliphatic rings. The number of nitriles is 1. The van der Waals surface area contributed by atoms with Crippen LogP contribution in [0.25, 0.3) is 0 Å². The molecule has 0 radical (unpaired) electrons. The number of aliphatic hydroxyl groups excluding tert-OH is 1. The summed E-state index contributed by atoms with van der Waals surface area (Å²) >= 11 is 0. The van der Waals surface area contributed by atoms with Crippen molar-refractivity contribution in [1.82, 2.24) is 10.9 Å². The van der Waals surface area contributed by atoms with Crippen molar-refractivity contribution in [3.63, 3.8) is 0 Å². The van der Waals surface area contributed by atoms with Gasteiger partial charge in [-0.2, -0.15) is 5.26 Å². The molecule has 0 amide bonds. The van der Waals surface area contributed by atoms with Gasteiger partial charge in [0.15, 0.2) is 0 Å². The molecular formula is C10H21N3O. The first-order chi connectivity index (χ1) is 6.33. The second kappa shape index (κ2) is 5.30. The fourth-order valence-corrected chi connectivity index (χ4v) is 0.904. The Kier molecular flexibility index (Phi) is 5.06. The van der Waals surface area contributed by atoms with E-state index < -0.39 is 5.54 Å². The van der Waals surface area contributed by atoms with Crippen LogP contribution >= 0.6 is 0 Å². The quantitative estimate of drug-likeness (QED) is 0.576. The summed E-state index contributed by atoms with van der Waals surface area (Å²) in [6, 6.07) is 2.20. The van der Waals surface area contributed by atoms with Crippen LogP contribution in [0.4, 0.5) is 0 Å². The zero-order chi connectivity index (χ0) is 11.2. The topological polar surface area (TPSA) is 68.1 Å². The predicted molar refractivity (Wildman–Crippen MR) is 56.4 cm³/mol. The molecule has 4 nitrogen and oxygen atoms in total. The van der Waals surface area contributed by atoms with Crippen LogP contribution in [-0.4, -0.2) is 22.8 Å². The van der Waals surface area contributed by atoms with Crippen molar-refractivity contribution in [2.24, 2.45) is 0 Å². The number of hydrazine groups is 1. The van der Waals surface area contributed by atoms with E-state index in [0.29, 0.717) is 12.8 Å². The molecule has 0 aliphatic carbocycles. The Balaban J connectivity index is 4.07. The van der Waals surface area contributed by atoms with E-state index in [2.05, 4.69) is 16.9 Å². The van der Waals surface area contributed by atoms with Gasteiger partial charge in [-0.15, -0.1) is 0 Å². The second-order valence-corrected chi connectivity index (χ2v) is 4.77. The van der Waals surface area contributed by atoms with E-state index in [0.717, 1.165) is 0 Å². The first kappa shape index (κ1) is 13.4. The molecule has 0 spiro atoms. The molecule has 0 aromatic heterocycles. The summed E-state index contributed by atoms with van der Waals surface area (Å²) in [4.78, 5) is 0. The van der Waals surface area contributed by atoms with Gasteiger partial charge in [0.25, 0.3) is 0 Å². The van der Waals surface area contributed by atoms with Gasteiger partial charge in [0.2, 0.25) is 0 Å². The van der Waals surface area contributed by atoms with Crippen LogP contribution in [-0.2, 0) is 0 Å². The summed E-state index contributed by atoms with van der Waals surface area (Å²) in [6.45, 7) is 7.99. The number of rotatable bonds is 5. The number of hydrogen-bond donors (Lipinski definition) is 3. The summed E-state index contributed by atoms with van der Waals surface area (Å²) in [7, 11) is 0. The lowest BCUT2D eigenvalue weighted by Gasteiger charge is -2.29. The van der Waals surface area contributed by atoms with Crippen molar-refractivity contribution in [2.45, 2.75) is 51.6 Å². The maximum atomic E-state index is 8.97. The van der Waals surface area contributed by atoms with Gasteiger partial charge in [0.05, 0.1) is 6.07 Å². The Morgan fingerprint density at radius 2 is 1.79 bits per heavy atom. The Morgan fingerprint density at radius 1 is 1.21 bits per heavy atom. The largest absolute Gasteiger partial charge is 0.396 e. The van der Waals surface area contributed by atoms with Gasteiger partial charge in [0.1, 0.15) is 5.54 Å². The molecule has 14 heavy (non-hydrogen) atoms. The van der Waals surface area contributed by atoms with E-state index in [4.69, 9.17) is 10.4 Å². The van der Waals surface area contributed by atoms with Crippen molar-refractivity contribution in [3.8, 4) is 6.07 Å².